The lowest BCUT2D eigenvalue weighted by molar-refractivity contribution is -0.120. The molecule has 0 unspecified atom stereocenters. The Balaban J connectivity index is 0.818. The average Bonchev–Trinajstić information content (AvgIpc) is 3.93. The lowest BCUT2D eigenvalue weighted by atomic mass is 9.94. The number of ether oxygens (including phenoxy) is 1. The van der Waals surface area contributed by atoms with E-state index in [4.69, 9.17) is 9.72 Å². The summed E-state index contributed by atoms with van der Waals surface area (Å²) in [6.45, 7) is 9.21. The van der Waals surface area contributed by atoms with E-state index < -0.39 is 13.2 Å². The van der Waals surface area contributed by atoms with Crippen LogP contribution in [0.15, 0.2) is 71.6 Å². The number of hydrogen-bond donors (Lipinski definition) is 3. The first-order valence-electron chi connectivity index (χ1n) is 23.3. The third-order valence-corrected chi connectivity index (χ3v) is 15.6. The van der Waals surface area contributed by atoms with Crippen molar-refractivity contribution in [1.82, 2.24) is 44.7 Å². The van der Waals surface area contributed by atoms with E-state index in [0.29, 0.717) is 91.0 Å². The molecule has 3 aromatic carbocycles. The van der Waals surface area contributed by atoms with E-state index in [2.05, 4.69) is 78.9 Å². The van der Waals surface area contributed by atoms with Crippen molar-refractivity contribution in [3.8, 4) is 22.9 Å². The molecule has 10 rings (SSSR count). The zero-order valence-corrected chi connectivity index (χ0v) is 42.4. The Morgan fingerprint density at radius 3 is 2.39 bits per heavy atom. The number of amides is 3. The van der Waals surface area contributed by atoms with Crippen molar-refractivity contribution in [2.75, 3.05) is 98.1 Å². The number of carbonyl (C=O) groups is 2. The fourth-order valence-corrected chi connectivity index (χ4v) is 11.7. The summed E-state index contributed by atoms with van der Waals surface area (Å²) in [5.74, 6) is 1.48. The number of urea groups is 1. The van der Waals surface area contributed by atoms with E-state index in [1.807, 2.05) is 31.6 Å². The molecule has 7 heterocycles. The van der Waals surface area contributed by atoms with Gasteiger partial charge >= 0.3 is 6.03 Å². The minimum atomic E-state index is -2.86. The van der Waals surface area contributed by atoms with Crippen LogP contribution in [-0.2, 0) is 23.5 Å². The normalized spacial score (nSPS) is 16.2. The number of piperidine rings is 1. The number of carbonyl (C=O) groups excluding carboxylic acids is 2. The highest BCUT2D eigenvalue weighted by molar-refractivity contribution is 9.10. The number of pyridine rings is 1. The lowest BCUT2D eigenvalue weighted by Gasteiger charge is -2.40. The molecule has 3 saturated heterocycles. The van der Waals surface area contributed by atoms with Gasteiger partial charge in [0.15, 0.2) is 5.82 Å². The molecule has 3 fully saturated rings. The summed E-state index contributed by atoms with van der Waals surface area (Å²) in [6.07, 6.45) is 7.65. The number of imide groups is 1. The molecule has 22 heteroatoms. The van der Waals surface area contributed by atoms with Crippen molar-refractivity contribution in [2.45, 2.75) is 19.3 Å². The lowest BCUT2D eigenvalue weighted by Crippen LogP contribution is -2.49. The molecule has 0 aliphatic carbocycles. The number of methoxy groups -OCH3 is 1. The smallest absolute Gasteiger partial charge is 0.329 e. The highest BCUT2D eigenvalue weighted by Gasteiger charge is 2.31. The number of nitrogens with zero attached hydrogens (tertiary/aromatic N) is 12. The van der Waals surface area contributed by atoms with E-state index in [1.54, 1.807) is 67.3 Å². The van der Waals surface area contributed by atoms with E-state index >= 15 is 4.39 Å². The number of benzene rings is 3. The van der Waals surface area contributed by atoms with Gasteiger partial charge in [0.05, 0.1) is 45.9 Å². The summed E-state index contributed by atoms with van der Waals surface area (Å²) in [5.41, 5.74) is 6.30. The second kappa shape index (κ2) is 19.2. The number of nitrogens with one attached hydrogen (secondary N) is 3. The summed E-state index contributed by atoms with van der Waals surface area (Å²) >= 11 is 3.60. The number of anilines is 7. The number of piperazine rings is 1. The number of nitriles is 1. The van der Waals surface area contributed by atoms with Crippen LogP contribution < -0.4 is 40.7 Å². The van der Waals surface area contributed by atoms with Crippen LogP contribution in [0.5, 0.6) is 5.75 Å². The molecular weight excluding hydrogens is 993 g/mol. The Labute approximate surface area is 417 Å². The first-order valence-corrected chi connectivity index (χ1v) is 26.7. The fourth-order valence-electron chi connectivity index (χ4n) is 9.93. The second-order valence-corrected chi connectivity index (χ2v) is 22.5. The topological polar surface area (TPSA) is 208 Å². The Bertz CT molecular complexity index is 3340. The van der Waals surface area contributed by atoms with Crippen molar-refractivity contribution in [2.24, 2.45) is 20.0 Å². The van der Waals surface area contributed by atoms with Crippen molar-refractivity contribution in [3.63, 3.8) is 0 Å². The summed E-state index contributed by atoms with van der Waals surface area (Å²) < 4.78 is 39.7. The maximum atomic E-state index is 15.9. The average molecular weight is 1040 g/mol. The SMILES string of the molecule is COc1cc(N2CCC(CN3CCN(c4cc5c(cc4F)c(N4CCC(=O)NC4=O)nn5C)CC3)CC2)c(-c2cnn(C)c2)cc1Nc1ncc(Br)c(Nc2ccc3nc(C#N)ccc3c2P(C)(C)=O)n1. The molecule has 366 valence electrons. The van der Waals surface area contributed by atoms with Gasteiger partial charge in [-0.15, -0.1) is 0 Å². The van der Waals surface area contributed by atoms with Gasteiger partial charge in [-0.25, -0.2) is 19.2 Å². The van der Waals surface area contributed by atoms with E-state index in [-0.39, 0.29) is 30.4 Å². The Morgan fingerprint density at radius 1 is 0.915 bits per heavy atom. The van der Waals surface area contributed by atoms with Crippen LogP contribution in [0.3, 0.4) is 0 Å². The molecule has 7 aromatic rings. The number of aromatic nitrogens is 7. The highest BCUT2D eigenvalue weighted by atomic mass is 79.9. The molecule has 3 N–H and O–H groups in total. The largest absolute Gasteiger partial charge is 0.494 e. The number of aryl methyl sites for hydroxylation is 2. The van der Waals surface area contributed by atoms with Crippen molar-refractivity contribution in [1.29, 1.82) is 5.26 Å². The van der Waals surface area contributed by atoms with Gasteiger partial charge in [-0.2, -0.15) is 20.4 Å². The molecule has 19 nitrogen and oxygen atoms in total. The highest BCUT2D eigenvalue weighted by Crippen LogP contribution is 2.44. The summed E-state index contributed by atoms with van der Waals surface area (Å²) in [6, 6.07) is 15.9. The van der Waals surface area contributed by atoms with Crippen molar-refractivity contribution in [3.05, 3.63) is 83.1 Å². The van der Waals surface area contributed by atoms with Gasteiger partial charge in [0.2, 0.25) is 11.9 Å². The molecule has 3 aliphatic rings. The number of hydrogen-bond acceptors (Lipinski definition) is 15. The minimum absolute atomic E-state index is 0.156. The van der Waals surface area contributed by atoms with Crippen LogP contribution in [0.4, 0.5) is 49.5 Å². The summed E-state index contributed by atoms with van der Waals surface area (Å²) in [4.78, 5) is 46.6. The zero-order valence-electron chi connectivity index (χ0n) is 39.9. The summed E-state index contributed by atoms with van der Waals surface area (Å²) in [7, 11) is 2.45. The van der Waals surface area contributed by atoms with Gasteiger partial charge in [-0.05, 0) is 90.5 Å². The van der Waals surface area contributed by atoms with E-state index in [0.717, 1.165) is 62.4 Å². The van der Waals surface area contributed by atoms with Crippen LogP contribution in [0, 0.1) is 23.1 Å². The summed E-state index contributed by atoms with van der Waals surface area (Å²) in [5, 5.41) is 29.4. The van der Waals surface area contributed by atoms with Gasteiger partial charge in [-0.3, -0.25) is 29.3 Å². The monoisotopic (exact) mass is 1040 g/mol. The fraction of sp³-hybridized carbons (Fsp3) is 0.347. The van der Waals surface area contributed by atoms with E-state index in [1.165, 1.54) is 11.0 Å². The van der Waals surface area contributed by atoms with Crippen molar-refractivity contribution >= 4 is 102 Å². The first-order chi connectivity index (χ1) is 34.1. The van der Waals surface area contributed by atoms with E-state index in [9.17, 15) is 19.4 Å². The molecule has 3 amide bonds. The first kappa shape index (κ1) is 47.5. The number of halogens is 2. The van der Waals surface area contributed by atoms with Gasteiger partial charge in [-0.1, -0.05) is 0 Å². The quantitative estimate of drug-likeness (QED) is 0.103. The molecule has 0 atom stereocenters. The van der Waals surface area contributed by atoms with Gasteiger partial charge < -0.3 is 29.7 Å². The standard InChI is InChI=1S/C49H52BrFN15O4P/c1-61-28-30(25-54-61)33-21-39(57-48-53-26-35(50)46(59-48)56-38-9-8-37-32(45(38)71(4,5)69)7-6-31(24-52)55-37)43(70-3)23-41(33)64-13-10-29(11-14-64)27-63-16-18-65(19-17-63)42-22-40-34(20-36(42)51)47(60-62(40)2)66-15-12-44(67)58-49(66)68/h6-9,20-23,25-26,28-29H,10-19,27H2,1-5H3,(H,58,67,68)(H2,53,56,57,59). The van der Waals surface area contributed by atoms with Gasteiger partial charge in [0.25, 0.3) is 0 Å². The molecule has 3 aliphatic heterocycles. The number of fused-ring (bicyclic) bond motifs is 2. The van der Waals surface area contributed by atoms with Crippen LogP contribution in [0.2, 0.25) is 0 Å². The third kappa shape index (κ3) is 9.58. The van der Waals surface area contributed by atoms with Crippen LogP contribution in [0.1, 0.15) is 25.0 Å². The maximum Gasteiger partial charge on any atom is 0.329 e. The molecule has 0 saturated carbocycles. The minimum Gasteiger partial charge on any atom is -0.494 e. The van der Waals surface area contributed by atoms with Gasteiger partial charge in [0, 0.05) is 124 Å². The Morgan fingerprint density at radius 2 is 1.69 bits per heavy atom. The van der Waals surface area contributed by atoms with Crippen LogP contribution in [0.25, 0.3) is 32.9 Å². The van der Waals surface area contributed by atoms with Crippen LogP contribution in [-0.4, -0.2) is 124 Å². The second-order valence-electron chi connectivity index (χ2n) is 18.5. The molecular formula is C49H52BrFN15O4P. The molecule has 0 spiro atoms. The predicted octanol–water partition coefficient (Wildman–Crippen LogP) is 7.31. The number of rotatable bonds is 12. The molecule has 0 bridgehead atoms. The third-order valence-electron chi connectivity index (χ3n) is 13.5. The maximum absolute atomic E-state index is 15.9. The molecule has 71 heavy (non-hydrogen) atoms. The molecule has 4 aromatic heterocycles. The predicted molar refractivity (Wildman–Crippen MR) is 277 cm³/mol. The Kier molecular flexibility index (Phi) is 12.9. The Hall–Kier alpha value is -7.14. The van der Waals surface area contributed by atoms with Gasteiger partial charge in [0.1, 0.15) is 36.3 Å². The van der Waals surface area contributed by atoms with Crippen LogP contribution >= 0.6 is 23.1 Å². The zero-order chi connectivity index (χ0) is 49.7. The van der Waals surface area contributed by atoms with Crippen molar-refractivity contribution < 1.29 is 23.3 Å². The molecule has 0 radical (unpaired) electrons.